The van der Waals surface area contributed by atoms with Crippen molar-refractivity contribution in [3.05, 3.63) is 12.2 Å². The zero-order chi connectivity index (χ0) is 40.0. The second-order valence-electron chi connectivity index (χ2n) is 15.9. The molecule has 0 saturated carbocycles. The zero-order valence-corrected chi connectivity index (χ0v) is 36.7. The number of rotatable bonds is 41. The second kappa shape index (κ2) is 37.3. The lowest BCUT2D eigenvalue weighted by Gasteiger charge is -2.25. The Labute approximate surface area is 332 Å². The van der Waals surface area contributed by atoms with Gasteiger partial charge < -0.3 is 19.7 Å². The molecule has 0 aromatic rings. The topological polar surface area (TPSA) is 120 Å². The van der Waals surface area contributed by atoms with Crippen LogP contribution in [0.5, 0.6) is 0 Å². The average molecular weight is 788 g/mol. The summed E-state index contributed by atoms with van der Waals surface area (Å²) in [5, 5.41) is 3.26. The number of ether oxygens (including phenoxy) is 2. The molecule has 0 aliphatic heterocycles. The van der Waals surface area contributed by atoms with E-state index in [0.29, 0.717) is 13.0 Å². The SMILES string of the molecule is CCCCCCCC/C=C\CCCCCCCC(=O)OC(COC(=O)CCCCCCCCCCCCCCC)COP(=O)(O)OCCNC(C)(C)CC. The molecule has 2 N–H and O–H groups in total. The highest BCUT2D eigenvalue weighted by Crippen LogP contribution is 2.43. The van der Waals surface area contributed by atoms with E-state index in [2.05, 4.69) is 38.2 Å². The third-order valence-electron chi connectivity index (χ3n) is 10.1. The zero-order valence-electron chi connectivity index (χ0n) is 35.8. The molecule has 0 heterocycles. The first-order chi connectivity index (χ1) is 26.0. The van der Waals surface area contributed by atoms with E-state index in [1.54, 1.807) is 0 Å². The van der Waals surface area contributed by atoms with Gasteiger partial charge in [0.2, 0.25) is 0 Å². The molecule has 0 aliphatic rings. The second-order valence-corrected chi connectivity index (χ2v) is 17.3. The molecule has 320 valence electrons. The molecule has 10 heteroatoms. The molecule has 0 bridgehead atoms. The molecular weight excluding hydrogens is 701 g/mol. The van der Waals surface area contributed by atoms with E-state index in [9.17, 15) is 19.0 Å². The van der Waals surface area contributed by atoms with Crippen LogP contribution in [0.15, 0.2) is 12.2 Å². The quantitative estimate of drug-likeness (QED) is 0.0270. The Kier molecular flexibility index (Phi) is 36.5. The monoisotopic (exact) mass is 788 g/mol. The van der Waals surface area contributed by atoms with Crippen molar-refractivity contribution >= 4 is 19.8 Å². The summed E-state index contributed by atoms with van der Waals surface area (Å²) in [6, 6.07) is 0. The molecule has 0 fully saturated rings. The van der Waals surface area contributed by atoms with Crippen LogP contribution < -0.4 is 5.32 Å². The van der Waals surface area contributed by atoms with Crippen LogP contribution >= 0.6 is 7.82 Å². The first-order valence-electron chi connectivity index (χ1n) is 22.4. The summed E-state index contributed by atoms with van der Waals surface area (Å²) < 4.78 is 33.8. The van der Waals surface area contributed by atoms with Gasteiger partial charge in [0.05, 0.1) is 13.2 Å². The minimum atomic E-state index is -4.40. The van der Waals surface area contributed by atoms with Crippen molar-refractivity contribution in [3.8, 4) is 0 Å². The summed E-state index contributed by atoms with van der Waals surface area (Å²) in [5.41, 5.74) is -0.121. The van der Waals surface area contributed by atoms with Crippen LogP contribution in [0.2, 0.25) is 0 Å². The molecule has 0 radical (unpaired) electrons. The molecule has 2 atom stereocenters. The first kappa shape index (κ1) is 52.8. The number of phosphoric ester groups is 1. The summed E-state index contributed by atoms with van der Waals surface area (Å²) in [6.07, 6.45) is 36.2. The molecule has 0 spiro atoms. The van der Waals surface area contributed by atoms with Crippen LogP contribution in [-0.4, -0.2) is 54.8 Å². The Morgan fingerprint density at radius 1 is 0.611 bits per heavy atom. The van der Waals surface area contributed by atoms with Crippen LogP contribution in [-0.2, 0) is 32.7 Å². The Balaban J connectivity index is 4.46. The number of unbranched alkanes of at least 4 members (excludes halogenated alkanes) is 23. The highest BCUT2D eigenvalue weighted by molar-refractivity contribution is 7.47. The molecule has 0 saturated heterocycles. The van der Waals surface area contributed by atoms with E-state index in [4.69, 9.17) is 18.5 Å². The predicted molar refractivity (Wildman–Crippen MR) is 225 cm³/mol. The summed E-state index contributed by atoms with van der Waals surface area (Å²) in [4.78, 5) is 35.4. The van der Waals surface area contributed by atoms with Crippen LogP contribution in [0.4, 0.5) is 0 Å². The molecular formula is C44H86NO8P. The van der Waals surface area contributed by atoms with Gasteiger partial charge in [0.1, 0.15) is 6.61 Å². The fourth-order valence-corrected chi connectivity index (χ4v) is 6.89. The van der Waals surface area contributed by atoms with Gasteiger partial charge in [-0.3, -0.25) is 18.6 Å². The Hall–Kier alpha value is -1.25. The smallest absolute Gasteiger partial charge is 0.462 e. The molecule has 0 aromatic heterocycles. The molecule has 9 nitrogen and oxygen atoms in total. The number of esters is 2. The van der Waals surface area contributed by atoms with Crippen molar-refractivity contribution in [3.63, 3.8) is 0 Å². The minimum absolute atomic E-state index is 0.0226. The third-order valence-corrected chi connectivity index (χ3v) is 11.1. The average Bonchev–Trinajstić information content (AvgIpc) is 3.14. The fourth-order valence-electron chi connectivity index (χ4n) is 6.14. The summed E-state index contributed by atoms with van der Waals surface area (Å²) >= 11 is 0. The number of allylic oxidation sites excluding steroid dienone is 2. The van der Waals surface area contributed by atoms with Crippen LogP contribution in [0.3, 0.4) is 0 Å². The largest absolute Gasteiger partial charge is 0.472 e. The maximum absolute atomic E-state index is 12.7. The van der Waals surface area contributed by atoms with E-state index in [1.165, 1.54) is 109 Å². The highest BCUT2D eigenvalue weighted by atomic mass is 31.2. The van der Waals surface area contributed by atoms with Gasteiger partial charge in [-0.2, -0.15) is 0 Å². The van der Waals surface area contributed by atoms with Gasteiger partial charge in [0, 0.05) is 24.9 Å². The van der Waals surface area contributed by atoms with E-state index in [1.807, 2.05) is 13.8 Å². The number of phosphoric acid groups is 1. The molecule has 0 aromatic carbocycles. The maximum Gasteiger partial charge on any atom is 0.472 e. The van der Waals surface area contributed by atoms with Crippen molar-refractivity contribution in [1.29, 1.82) is 0 Å². The summed E-state index contributed by atoms with van der Waals surface area (Å²) in [6.45, 7) is 10.3. The predicted octanol–water partition coefficient (Wildman–Crippen LogP) is 12.9. The number of hydrogen-bond donors (Lipinski definition) is 2. The van der Waals surface area contributed by atoms with Gasteiger partial charge in [-0.05, 0) is 58.8 Å². The molecule has 54 heavy (non-hydrogen) atoms. The third kappa shape index (κ3) is 37.7. The number of hydrogen-bond acceptors (Lipinski definition) is 8. The fraction of sp³-hybridized carbons (Fsp3) is 0.909. The molecule has 0 rings (SSSR count). The van der Waals surface area contributed by atoms with Gasteiger partial charge in [0.15, 0.2) is 6.10 Å². The lowest BCUT2D eigenvalue weighted by atomic mass is 10.0. The van der Waals surface area contributed by atoms with Crippen molar-refractivity contribution in [2.24, 2.45) is 0 Å². The molecule has 0 amide bonds. The van der Waals surface area contributed by atoms with Gasteiger partial charge in [0.25, 0.3) is 0 Å². The van der Waals surface area contributed by atoms with Gasteiger partial charge in [-0.15, -0.1) is 0 Å². The van der Waals surface area contributed by atoms with Gasteiger partial charge >= 0.3 is 19.8 Å². The number of carbonyl (C=O) groups is 2. The highest BCUT2D eigenvalue weighted by Gasteiger charge is 2.26. The van der Waals surface area contributed by atoms with E-state index >= 15 is 0 Å². The van der Waals surface area contributed by atoms with Gasteiger partial charge in [-0.25, -0.2) is 4.57 Å². The molecule has 0 aliphatic carbocycles. The van der Waals surface area contributed by atoms with Crippen molar-refractivity contribution in [2.75, 3.05) is 26.4 Å². The number of carbonyl (C=O) groups excluding carboxylic acids is 2. The Bertz CT molecular complexity index is 944. The van der Waals surface area contributed by atoms with Crippen molar-refractivity contribution in [2.45, 2.75) is 232 Å². The van der Waals surface area contributed by atoms with E-state index < -0.39 is 26.5 Å². The van der Waals surface area contributed by atoms with Crippen LogP contribution in [0.1, 0.15) is 221 Å². The van der Waals surface area contributed by atoms with E-state index in [-0.39, 0.29) is 37.6 Å². The maximum atomic E-state index is 12.7. The summed E-state index contributed by atoms with van der Waals surface area (Å²) in [7, 11) is -4.40. The Morgan fingerprint density at radius 3 is 1.50 bits per heavy atom. The van der Waals surface area contributed by atoms with Crippen molar-refractivity contribution < 1.29 is 37.6 Å². The minimum Gasteiger partial charge on any atom is -0.462 e. The van der Waals surface area contributed by atoms with Gasteiger partial charge in [-0.1, -0.05) is 161 Å². The van der Waals surface area contributed by atoms with E-state index in [0.717, 1.165) is 57.8 Å². The van der Waals surface area contributed by atoms with Crippen LogP contribution in [0.25, 0.3) is 0 Å². The summed E-state index contributed by atoms with van der Waals surface area (Å²) in [5.74, 6) is -0.808. The standard InChI is InChI=1S/C44H86NO8P/c1-6-9-11-13-15-17-19-21-22-24-26-28-30-32-34-36-43(47)53-41(40-52-54(48,49)51-38-37-45-44(4,5)8-3)39-50-42(46)35-33-31-29-27-25-23-20-18-16-14-12-10-7-2/h21-22,41,45H,6-20,23-40H2,1-5H3,(H,48,49)/b22-21-. The molecule has 2 unspecified atom stereocenters. The van der Waals surface area contributed by atoms with Crippen LogP contribution in [0, 0.1) is 0 Å². The number of nitrogens with one attached hydrogen (secondary N) is 1. The Morgan fingerprint density at radius 2 is 1.04 bits per heavy atom. The lowest BCUT2D eigenvalue weighted by Crippen LogP contribution is -2.40. The lowest BCUT2D eigenvalue weighted by molar-refractivity contribution is -0.161. The van der Waals surface area contributed by atoms with Crippen molar-refractivity contribution in [1.82, 2.24) is 5.32 Å². The first-order valence-corrected chi connectivity index (χ1v) is 23.9. The normalized spacial score (nSPS) is 13.7.